The molecule has 7 nitrogen and oxygen atoms in total. The summed E-state index contributed by atoms with van der Waals surface area (Å²) in [7, 11) is 2.00. The van der Waals surface area contributed by atoms with E-state index in [-0.39, 0.29) is 0 Å². The van der Waals surface area contributed by atoms with Crippen molar-refractivity contribution in [2.45, 2.75) is 13.8 Å². The van der Waals surface area contributed by atoms with Crippen LogP contribution in [-0.4, -0.2) is 48.3 Å². The molecule has 3 aromatic rings. The van der Waals surface area contributed by atoms with Crippen LogP contribution in [0.5, 0.6) is 0 Å². The Morgan fingerprint density at radius 1 is 1.07 bits per heavy atom. The van der Waals surface area contributed by atoms with E-state index in [1.807, 2.05) is 19.2 Å². The Morgan fingerprint density at radius 3 is 2.67 bits per heavy atom. The molecule has 0 atom stereocenters. The lowest BCUT2D eigenvalue weighted by Gasteiger charge is -2.28. The van der Waals surface area contributed by atoms with Gasteiger partial charge >= 0.3 is 0 Å². The number of anilines is 5. The molecule has 30 heavy (non-hydrogen) atoms. The molecule has 3 heterocycles. The quantitative estimate of drug-likeness (QED) is 0.647. The van der Waals surface area contributed by atoms with Crippen molar-refractivity contribution in [2.24, 2.45) is 0 Å². The van der Waals surface area contributed by atoms with Crippen molar-refractivity contribution in [3.05, 3.63) is 58.7 Å². The van der Waals surface area contributed by atoms with E-state index in [9.17, 15) is 0 Å². The second-order valence-corrected chi connectivity index (χ2v) is 7.78. The molecule has 1 N–H and O–H groups in total. The number of halogens is 1. The summed E-state index contributed by atoms with van der Waals surface area (Å²) in [6.07, 6.45) is 1.74. The van der Waals surface area contributed by atoms with Crippen LogP contribution in [0.1, 0.15) is 11.1 Å². The maximum Gasteiger partial charge on any atom is 0.230 e. The van der Waals surface area contributed by atoms with Crippen molar-refractivity contribution in [1.82, 2.24) is 15.0 Å². The number of aromatic nitrogens is 3. The summed E-state index contributed by atoms with van der Waals surface area (Å²) in [5.74, 6) is 2.68. The average Bonchev–Trinajstić information content (AvgIpc) is 2.75. The van der Waals surface area contributed by atoms with E-state index in [0.717, 1.165) is 30.4 Å². The number of ether oxygens (including phenoxy) is 1. The number of morpholine rings is 1. The molecule has 0 saturated carbocycles. The lowest BCUT2D eigenvalue weighted by atomic mass is 10.1. The molecule has 1 aliphatic rings. The minimum absolute atomic E-state index is 0.465. The van der Waals surface area contributed by atoms with Gasteiger partial charge in [-0.15, -0.1) is 0 Å². The summed E-state index contributed by atoms with van der Waals surface area (Å²) < 4.78 is 5.42. The average molecular weight is 425 g/mol. The topological polar surface area (TPSA) is 66.4 Å². The van der Waals surface area contributed by atoms with Crippen LogP contribution >= 0.6 is 11.6 Å². The van der Waals surface area contributed by atoms with Gasteiger partial charge in [0.05, 0.1) is 13.2 Å². The van der Waals surface area contributed by atoms with Gasteiger partial charge < -0.3 is 19.9 Å². The first-order valence-corrected chi connectivity index (χ1v) is 10.3. The van der Waals surface area contributed by atoms with Gasteiger partial charge in [-0.3, -0.25) is 0 Å². The molecule has 0 amide bonds. The van der Waals surface area contributed by atoms with Crippen molar-refractivity contribution < 1.29 is 4.74 Å². The molecule has 8 heteroatoms. The third-order valence-electron chi connectivity index (χ3n) is 5.06. The summed E-state index contributed by atoms with van der Waals surface area (Å²) in [4.78, 5) is 17.9. The molecule has 156 valence electrons. The fourth-order valence-corrected chi connectivity index (χ4v) is 3.62. The number of pyridine rings is 1. The molecule has 0 aliphatic carbocycles. The molecule has 0 unspecified atom stereocenters. The zero-order valence-corrected chi connectivity index (χ0v) is 18.1. The molecule has 2 aromatic heterocycles. The van der Waals surface area contributed by atoms with Crippen molar-refractivity contribution in [3.63, 3.8) is 0 Å². The van der Waals surface area contributed by atoms with Gasteiger partial charge in [0.1, 0.15) is 17.5 Å². The van der Waals surface area contributed by atoms with Crippen LogP contribution in [0.15, 0.2) is 42.6 Å². The summed E-state index contributed by atoms with van der Waals surface area (Å²) in [5, 5.41) is 3.80. The van der Waals surface area contributed by atoms with Crippen LogP contribution < -0.4 is 15.1 Å². The Balaban J connectivity index is 1.57. The van der Waals surface area contributed by atoms with Gasteiger partial charge in [0.25, 0.3) is 0 Å². The van der Waals surface area contributed by atoms with E-state index in [0.29, 0.717) is 30.0 Å². The maximum absolute atomic E-state index is 6.34. The molecule has 1 saturated heterocycles. The number of benzene rings is 1. The lowest BCUT2D eigenvalue weighted by molar-refractivity contribution is 0.122. The zero-order valence-electron chi connectivity index (χ0n) is 17.4. The van der Waals surface area contributed by atoms with Crippen LogP contribution in [0.2, 0.25) is 5.02 Å². The smallest absolute Gasteiger partial charge is 0.230 e. The Bertz CT molecular complexity index is 1040. The molecule has 4 rings (SSSR count). The van der Waals surface area contributed by atoms with Crippen LogP contribution in [0, 0.1) is 13.8 Å². The summed E-state index contributed by atoms with van der Waals surface area (Å²) >= 11 is 6.34. The minimum Gasteiger partial charge on any atom is -0.378 e. The Morgan fingerprint density at radius 2 is 1.87 bits per heavy atom. The second kappa shape index (κ2) is 8.85. The van der Waals surface area contributed by atoms with E-state index in [2.05, 4.69) is 57.1 Å². The third-order valence-corrected chi connectivity index (χ3v) is 5.28. The van der Waals surface area contributed by atoms with Gasteiger partial charge in [-0.05, 0) is 49.2 Å². The monoisotopic (exact) mass is 424 g/mol. The fourth-order valence-electron chi connectivity index (χ4n) is 3.42. The highest BCUT2D eigenvalue weighted by atomic mass is 35.5. The fraction of sp³-hybridized carbons (Fsp3) is 0.318. The maximum atomic E-state index is 6.34. The van der Waals surface area contributed by atoms with Gasteiger partial charge in [0.2, 0.25) is 5.95 Å². The molecular weight excluding hydrogens is 400 g/mol. The molecular formula is C22H25ClN6O. The normalized spacial score (nSPS) is 13.9. The second-order valence-electron chi connectivity index (χ2n) is 7.34. The van der Waals surface area contributed by atoms with Crippen LogP contribution in [-0.2, 0) is 4.74 Å². The number of nitrogens with one attached hydrogen (secondary N) is 1. The summed E-state index contributed by atoms with van der Waals surface area (Å²) in [6, 6.07) is 11.9. The zero-order chi connectivity index (χ0) is 21.1. The molecule has 1 aliphatic heterocycles. The van der Waals surface area contributed by atoms with Crippen LogP contribution in [0.4, 0.5) is 29.1 Å². The Kier molecular flexibility index (Phi) is 6.01. The minimum atomic E-state index is 0.465. The largest absolute Gasteiger partial charge is 0.378 e. The Hall–Kier alpha value is -2.90. The van der Waals surface area contributed by atoms with Crippen molar-refractivity contribution >= 4 is 40.7 Å². The van der Waals surface area contributed by atoms with Gasteiger partial charge in [0, 0.05) is 37.0 Å². The van der Waals surface area contributed by atoms with E-state index < -0.39 is 0 Å². The van der Waals surface area contributed by atoms with Crippen LogP contribution in [0.25, 0.3) is 0 Å². The standard InChI is InChI=1S/C22H25ClN6O/c1-15-4-5-16(2)18(12-15)28(3)20-6-7-24-22(27-20)26-19-13-17(23)14-21(25-19)29-8-10-30-11-9-29/h4-7,12-14H,8-11H2,1-3H3,(H,24,25,26,27). The molecule has 0 bridgehead atoms. The summed E-state index contributed by atoms with van der Waals surface area (Å²) in [5.41, 5.74) is 3.49. The first-order valence-electron chi connectivity index (χ1n) is 9.91. The lowest BCUT2D eigenvalue weighted by Crippen LogP contribution is -2.36. The third kappa shape index (κ3) is 4.63. The highest BCUT2D eigenvalue weighted by molar-refractivity contribution is 6.31. The number of rotatable bonds is 5. The number of hydrogen-bond donors (Lipinski definition) is 1. The van der Waals surface area contributed by atoms with Gasteiger partial charge in [-0.25, -0.2) is 9.97 Å². The highest BCUT2D eigenvalue weighted by Gasteiger charge is 2.15. The van der Waals surface area contributed by atoms with E-state index in [1.165, 1.54) is 11.1 Å². The van der Waals surface area contributed by atoms with E-state index in [1.54, 1.807) is 12.3 Å². The van der Waals surface area contributed by atoms with Gasteiger partial charge in [-0.1, -0.05) is 23.7 Å². The predicted octanol–water partition coefficient (Wildman–Crippen LogP) is 4.49. The SMILES string of the molecule is Cc1ccc(C)c(N(C)c2ccnc(Nc3cc(Cl)cc(N4CCOCC4)n3)n2)c1. The first-order chi connectivity index (χ1) is 14.5. The van der Waals surface area contributed by atoms with Crippen molar-refractivity contribution in [3.8, 4) is 0 Å². The first kappa shape index (κ1) is 20.4. The highest BCUT2D eigenvalue weighted by Crippen LogP contribution is 2.28. The molecule has 0 radical (unpaired) electrons. The van der Waals surface area contributed by atoms with Crippen LogP contribution in [0.3, 0.4) is 0 Å². The van der Waals surface area contributed by atoms with E-state index >= 15 is 0 Å². The van der Waals surface area contributed by atoms with Gasteiger partial charge in [-0.2, -0.15) is 4.98 Å². The number of aryl methyl sites for hydroxylation is 2. The Labute approximate surface area is 181 Å². The molecule has 1 aromatic carbocycles. The van der Waals surface area contributed by atoms with Crippen molar-refractivity contribution in [1.29, 1.82) is 0 Å². The van der Waals surface area contributed by atoms with Crippen molar-refractivity contribution in [2.75, 3.05) is 48.5 Å². The molecule has 0 spiro atoms. The number of nitrogens with zero attached hydrogens (tertiary/aromatic N) is 5. The number of hydrogen-bond acceptors (Lipinski definition) is 7. The molecule has 1 fully saturated rings. The van der Waals surface area contributed by atoms with Gasteiger partial charge in [0.15, 0.2) is 0 Å². The van der Waals surface area contributed by atoms with E-state index in [4.69, 9.17) is 21.3 Å². The summed E-state index contributed by atoms with van der Waals surface area (Å²) in [6.45, 7) is 7.13. The predicted molar refractivity (Wildman–Crippen MR) is 122 cm³/mol.